The number of rotatable bonds is 13. The first-order chi connectivity index (χ1) is 22.9. The van der Waals surface area contributed by atoms with Gasteiger partial charge in [-0.1, -0.05) is 133 Å². The normalized spacial score (nSPS) is 17.9. The van der Waals surface area contributed by atoms with Gasteiger partial charge >= 0.3 is 0 Å². The van der Waals surface area contributed by atoms with Crippen molar-refractivity contribution in [2.24, 2.45) is 5.92 Å². The summed E-state index contributed by atoms with van der Waals surface area (Å²) in [4.78, 5) is 12.2. The fourth-order valence-electron chi connectivity index (χ4n) is 7.00. The molecule has 0 bridgehead atoms. The van der Waals surface area contributed by atoms with Gasteiger partial charge in [0.15, 0.2) is 5.82 Å². The Bertz CT molecular complexity index is 1630. The van der Waals surface area contributed by atoms with Gasteiger partial charge < -0.3 is 4.90 Å². The molecule has 0 aliphatic carbocycles. The SMILES string of the molecule is CCCCCC(C)C1=C/Cc2cc(C(CC)CCCC)ccc2N(c2ccc(-c3cc(C)nc(-c4ccccc4)n3)cc2)C(C)/C=C\1. The number of nitrogens with zero attached hydrogens (tertiary/aromatic N) is 3. The van der Waals surface area contributed by atoms with E-state index in [0.717, 1.165) is 34.8 Å². The Balaban J connectivity index is 1.52. The smallest absolute Gasteiger partial charge is 0.160 e. The number of hydrogen-bond donors (Lipinski definition) is 0. The van der Waals surface area contributed by atoms with Crippen LogP contribution in [0.25, 0.3) is 22.6 Å². The fourth-order valence-corrected chi connectivity index (χ4v) is 7.00. The molecule has 4 aromatic rings. The van der Waals surface area contributed by atoms with Crippen LogP contribution >= 0.6 is 0 Å². The largest absolute Gasteiger partial charge is 0.335 e. The Morgan fingerprint density at radius 3 is 2.30 bits per heavy atom. The van der Waals surface area contributed by atoms with Crippen LogP contribution in [-0.2, 0) is 6.42 Å². The molecule has 47 heavy (non-hydrogen) atoms. The average molecular weight is 626 g/mol. The zero-order valence-electron chi connectivity index (χ0n) is 29.7. The average Bonchev–Trinajstić information content (AvgIpc) is 3.16. The van der Waals surface area contributed by atoms with E-state index >= 15 is 0 Å². The lowest BCUT2D eigenvalue weighted by Gasteiger charge is -2.32. The molecule has 0 N–H and O–H groups in total. The van der Waals surface area contributed by atoms with E-state index in [0.29, 0.717) is 11.8 Å². The van der Waals surface area contributed by atoms with Crippen LogP contribution in [0.1, 0.15) is 109 Å². The van der Waals surface area contributed by atoms with Gasteiger partial charge in [-0.15, -0.1) is 0 Å². The summed E-state index contributed by atoms with van der Waals surface area (Å²) in [6.45, 7) is 13.7. The minimum atomic E-state index is 0.197. The minimum Gasteiger partial charge on any atom is -0.335 e. The van der Waals surface area contributed by atoms with Gasteiger partial charge in [0.05, 0.1) is 5.69 Å². The molecule has 3 atom stereocenters. The quantitative estimate of drug-likeness (QED) is 0.138. The van der Waals surface area contributed by atoms with E-state index in [2.05, 4.69) is 118 Å². The highest BCUT2D eigenvalue weighted by Crippen LogP contribution is 2.38. The van der Waals surface area contributed by atoms with E-state index in [1.165, 1.54) is 79.4 Å². The molecule has 0 saturated heterocycles. The number of aromatic nitrogens is 2. The molecule has 0 radical (unpaired) electrons. The topological polar surface area (TPSA) is 29.0 Å². The predicted molar refractivity (Wildman–Crippen MR) is 202 cm³/mol. The summed E-state index contributed by atoms with van der Waals surface area (Å²) < 4.78 is 0. The van der Waals surface area contributed by atoms with Crippen molar-refractivity contribution in [2.75, 3.05) is 4.90 Å². The number of hydrogen-bond acceptors (Lipinski definition) is 3. The number of fused-ring (bicyclic) bond motifs is 1. The van der Waals surface area contributed by atoms with Crippen molar-refractivity contribution in [3.63, 3.8) is 0 Å². The third kappa shape index (κ3) is 8.69. The van der Waals surface area contributed by atoms with Crippen LogP contribution < -0.4 is 4.90 Å². The molecule has 3 heteroatoms. The molecule has 1 aliphatic rings. The molecule has 1 aliphatic heterocycles. The highest BCUT2D eigenvalue weighted by atomic mass is 15.2. The molecule has 0 amide bonds. The summed E-state index contributed by atoms with van der Waals surface area (Å²) in [7, 11) is 0. The van der Waals surface area contributed by atoms with Crippen LogP contribution in [-0.4, -0.2) is 16.0 Å². The standard InChI is InChI=1S/C44H55N3/c1-7-10-13-16-32(4)36-21-20-34(6)47(43-29-26-39(31-40(43)23-22-36)35(9-3)17-11-8-2)41-27-24-37(25-28-41)42-30-33(5)45-44(46-42)38-18-14-12-15-19-38/h12,14-15,18-22,24-32,34-35H,7-11,13,16-17,23H2,1-6H3/b21-20-,36-22+. The molecular weight excluding hydrogens is 571 g/mol. The second-order valence-corrected chi connectivity index (χ2v) is 13.5. The van der Waals surface area contributed by atoms with Crippen molar-refractivity contribution in [1.82, 2.24) is 9.97 Å². The van der Waals surface area contributed by atoms with E-state index in [-0.39, 0.29) is 6.04 Å². The Labute approximate surface area is 284 Å². The fraction of sp³-hybridized carbons (Fsp3) is 0.409. The molecular formula is C44H55N3. The Morgan fingerprint density at radius 1 is 0.809 bits per heavy atom. The van der Waals surface area contributed by atoms with E-state index in [4.69, 9.17) is 9.97 Å². The summed E-state index contributed by atoms with van der Waals surface area (Å²) in [5.74, 6) is 1.95. The first-order valence-electron chi connectivity index (χ1n) is 18.2. The van der Waals surface area contributed by atoms with E-state index in [1.807, 2.05) is 25.1 Å². The second-order valence-electron chi connectivity index (χ2n) is 13.5. The van der Waals surface area contributed by atoms with Gasteiger partial charge in [0.2, 0.25) is 0 Å². The number of anilines is 2. The van der Waals surface area contributed by atoms with Gasteiger partial charge in [-0.2, -0.15) is 0 Å². The third-order valence-electron chi connectivity index (χ3n) is 9.90. The summed E-state index contributed by atoms with van der Waals surface area (Å²) in [5, 5.41) is 0. The van der Waals surface area contributed by atoms with Crippen molar-refractivity contribution in [3.05, 3.63) is 119 Å². The molecule has 5 rings (SSSR count). The lowest BCUT2D eigenvalue weighted by atomic mass is 9.88. The van der Waals surface area contributed by atoms with Crippen molar-refractivity contribution in [1.29, 1.82) is 0 Å². The zero-order valence-corrected chi connectivity index (χ0v) is 29.7. The van der Waals surface area contributed by atoms with Crippen LogP contribution in [0.3, 0.4) is 0 Å². The highest BCUT2D eigenvalue weighted by molar-refractivity contribution is 5.73. The first kappa shape index (κ1) is 34.4. The van der Waals surface area contributed by atoms with Gasteiger partial charge in [0.1, 0.15) is 0 Å². The molecule has 1 aromatic heterocycles. The summed E-state index contributed by atoms with van der Waals surface area (Å²) >= 11 is 0. The van der Waals surface area contributed by atoms with Crippen LogP contribution in [0.2, 0.25) is 0 Å². The van der Waals surface area contributed by atoms with Gasteiger partial charge in [-0.3, -0.25) is 0 Å². The maximum atomic E-state index is 4.97. The van der Waals surface area contributed by atoms with Gasteiger partial charge in [0, 0.05) is 34.2 Å². The molecule has 3 nitrogen and oxygen atoms in total. The number of allylic oxidation sites excluding steroid dienone is 3. The van der Waals surface area contributed by atoms with Crippen LogP contribution in [0.4, 0.5) is 11.4 Å². The highest BCUT2D eigenvalue weighted by Gasteiger charge is 2.22. The molecule has 2 heterocycles. The molecule has 3 aromatic carbocycles. The summed E-state index contributed by atoms with van der Waals surface area (Å²) in [6.07, 6.45) is 18.4. The van der Waals surface area contributed by atoms with Crippen LogP contribution in [0.15, 0.2) is 103 Å². The minimum absolute atomic E-state index is 0.197. The van der Waals surface area contributed by atoms with Crippen LogP contribution in [0, 0.1) is 12.8 Å². The van der Waals surface area contributed by atoms with Crippen LogP contribution in [0.5, 0.6) is 0 Å². The molecule has 3 unspecified atom stereocenters. The number of unbranched alkanes of at least 4 members (excludes halogenated alkanes) is 3. The third-order valence-corrected chi connectivity index (χ3v) is 9.90. The predicted octanol–water partition coefficient (Wildman–Crippen LogP) is 12.6. The lowest BCUT2D eigenvalue weighted by Crippen LogP contribution is -2.27. The van der Waals surface area contributed by atoms with E-state index < -0.39 is 0 Å². The van der Waals surface area contributed by atoms with E-state index in [9.17, 15) is 0 Å². The van der Waals surface area contributed by atoms with Crippen molar-refractivity contribution < 1.29 is 0 Å². The Hall–Kier alpha value is -3.98. The number of aryl methyl sites for hydroxylation is 1. The van der Waals surface area contributed by atoms with Crippen molar-refractivity contribution in [2.45, 2.75) is 111 Å². The molecule has 0 saturated carbocycles. The van der Waals surface area contributed by atoms with E-state index in [1.54, 1.807) is 0 Å². The van der Waals surface area contributed by atoms with Crippen molar-refractivity contribution in [3.8, 4) is 22.6 Å². The molecule has 246 valence electrons. The Kier molecular flexibility index (Phi) is 12.2. The summed E-state index contributed by atoms with van der Waals surface area (Å²) in [6, 6.07) is 28.9. The lowest BCUT2D eigenvalue weighted by molar-refractivity contribution is 0.560. The second kappa shape index (κ2) is 16.7. The summed E-state index contributed by atoms with van der Waals surface area (Å²) in [5.41, 5.74) is 11.0. The zero-order chi connectivity index (χ0) is 33.2. The van der Waals surface area contributed by atoms with Crippen molar-refractivity contribution >= 4 is 11.4 Å². The van der Waals surface area contributed by atoms with Gasteiger partial charge in [0.25, 0.3) is 0 Å². The monoisotopic (exact) mass is 625 g/mol. The molecule has 0 spiro atoms. The Morgan fingerprint density at radius 2 is 1.57 bits per heavy atom. The van der Waals surface area contributed by atoms with Gasteiger partial charge in [-0.25, -0.2) is 9.97 Å². The van der Waals surface area contributed by atoms with Gasteiger partial charge in [-0.05, 0) is 92.3 Å². The number of benzene rings is 3. The molecule has 0 fully saturated rings. The first-order valence-corrected chi connectivity index (χ1v) is 18.2. The maximum absolute atomic E-state index is 4.97. The maximum Gasteiger partial charge on any atom is 0.160 e.